The number of nitrogens with one attached hydrogen (secondary N) is 1. The summed E-state index contributed by atoms with van der Waals surface area (Å²) in [5.74, 6) is -1.65. The van der Waals surface area contributed by atoms with Crippen molar-refractivity contribution in [2.45, 2.75) is 77.5 Å². The molecule has 1 saturated heterocycles. The number of aliphatic carboxylic acids is 1. The molecule has 1 aliphatic rings. The number of ether oxygens (including phenoxy) is 3. The van der Waals surface area contributed by atoms with Gasteiger partial charge in [0.25, 0.3) is 0 Å². The molecule has 1 heterocycles. The first-order valence-electron chi connectivity index (χ1n) is 9.88. The number of carboxylic acid groups (broad SMARTS) is 1. The highest BCUT2D eigenvalue weighted by Crippen LogP contribution is 2.38. The Bertz CT molecular complexity index is 595. The third-order valence-electron chi connectivity index (χ3n) is 4.47. The average Bonchev–Trinajstić information content (AvgIpc) is 2.89. The highest BCUT2D eigenvalue weighted by Gasteiger charge is 2.51. The summed E-state index contributed by atoms with van der Waals surface area (Å²) in [5, 5.41) is 12.2. The lowest BCUT2D eigenvalue weighted by molar-refractivity contribution is -0.141. The van der Waals surface area contributed by atoms with Crippen LogP contribution in [0.5, 0.6) is 0 Å². The normalized spacial score (nSPS) is 22.3. The smallest absolute Gasteiger partial charge is 0.410 e. The summed E-state index contributed by atoms with van der Waals surface area (Å²) in [6.45, 7) is 11.2. The second-order valence-electron chi connectivity index (χ2n) is 9.52. The molecule has 1 aliphatic heterocycles. The maximum atomic E-state index is 12.8. The first-order valence-corrected chi connectivity index (χ1v) is 9.88. The second-order valence-corrected chi connectivity index (χ2v) is 9.52. The van der Waals surface area contributed by atoms with Crippen LogP contribution in [0.15, 0.2) is 0 Å². The van der Waals surface area contributed by atoms with E-state index in [1.54, 1.807) is 41.5 Å². The molecule has 0 radical (unpaired) electrons. The average molecular weight is 417 g/mol. The van der Waals surface area contributed by atoms with Gasteiger partial charge in [0, 0.05) is 20.2 Å². The molecular weight excluding hydrogens is 380 g/mol. The molecule has 0 aromatic heterocycles. The summed E-state index contributed by atoms with van der Waals surface area (Å²) in [4.78, 5) is 37.7. The van der Waals surface area contributed by atoms with E-state index in [1.807, 2.05) is 0 Å². The first kappa shape index (κ1) is 25.0. The van der Waals surface area contributed by atoms with Crippen LogP contribution in [0.25, 0.3) is 0 Å². The molecule has 168 valence electrons. The van der Waals surface area contributed by atoms with E-state index >= 15 is 0 Å². The highest BCUT2D eigenvalue weighted by atomic mass is 16.6. The predicted molar refractivity (Wildman–Crippen MR) is 107 cm³/mol. The van der Waals surface area contributed by atoms with Gasteiger partial charge in [0.1, 0.15) is 11.2 Å². The number of amides is 2. The number of carbonyl (C=O) groups excluding carboxylic acids is 2. The van der Waals surface area contributed by atoms with Crippen molar-refractivity contribution in [3.8, 4) is 0 Å². The van der Waals surface area contributed by atoms with Crippen LogP contribution >= 0.6 is 0 Å². The Kier molecular flexibility index (Phi) is 8.32. The van der Waals surface area contributed by atoms with Crippen LogP contribution < -0.4 is 5.32 Å². The number of carbonyl (C=O) groups is 3. The molecule has 0 aromatic carbocycles. The molecule has 2 atom stereocenters. The number of hydrogen-bond donors (Lipinski definition) is 2. The fourth-order valence-electron chi connectivity index (χ4n) is 3.43. The van der Waals surface area contributed by atoms with Gasteiger partial charge in [0.2, 0.25) is 0 Å². The maximum absolute atomic E-state index is 12.8. The fraction of sp³-hybridized carbons (Fsp3) is 0.850. The second kappa shape index (κ2) is 9.65. The summed E-state index contributed by atoms with van der Waals surface area (Å²) in [5.41, 5.74) is -2.10. The van der Waals surface area contributed by atoms with Gasteiger partial charge < -0.3 is 24.6 Å². The van der Waals surface area contributed by atoms with Crippen molar-refractivity contribution in [3.63, 3.8) is 0 Å². The number of alkyl carbamates (subject to hydrolysis) is 1. The molecule has 0 spiro atoms. The summed E-state index contributed by atoms with van der Waals surface area (Å²) >= 11 is 0. The largest absolute Gasteiger partial charge is 0.481 e. The highest BCUT2D eigenvalue weighted by molar-refractivity contribution is 5.75. The molecule has 1 rings (SSSR count). The lowest BCUT2D eigenvalue weighted by atomic mass is 9.88. The monoisotopic (exact) mass is 416 g/mol. The van der Waals surface area contributed by atoms with Gasteiger partial charge >= 0.3 is 18.2 Å². The fourth-order valence-corrected chi connectivity index (χ4v) is 3.43. The number of likely N-dealkylation sites (tertiary alicyclic amines) is 1. The summed E-state index contributed by atoms with van der Waals surface area (Å²) in [6, 6.07) is 0. The van der Waals surface area contributed by atoms with Crippen molar-refractivity contribution < 1.29 is 33.7 Å². The topological polar surface area (TPSA) is 114 Å². The van der Waals surface area contributed by atoms with E-state index in [-0.39, 0.29) is 19.6 Å². The summed E-state index contributed by atoms with van der Waals surface area (Å²) in [7, 11) is 1.52. The molecule has 9 heteroatoms. The molecule has 0 aromatic rings. The Balaban J connectivity index is 2.86. The molecule has 0 saturated carbocycles. The Morgan fingerprint density at radius 1 is 1.10 bits per heavy atom. The van der Waals surface area contributed by atoms with Crippen LogP contribution in [0.3, 0.4) is 0 Å². The van der Waals surface area contributed by atoms with Crippen LogP contribution in [-0.2, 0) is 19.0 Å². The SMILES string of the molecule is COC[C@]1(CCCNC(=O)OC(C)(C)C)C[C@H](C(=O)O)CN1C(=O)OC(C)(C)C. The number of hydrogen-bond acceptors (Lipinski definition) is 6. The zero-order valence-electron chi connectivity index (χ0n) is 18.7. The first-order chi connectivity index (χ1) is 13.2. The van der Waals surface area contributed by atoms with Crippen molar-refractivity contribution in [2.24, 2.45) is 5.92 Å². The van der Waals surface area contributed by atoms with Crippen molar-refractivity contribution in [2.75, 3.05) is 26.8 Å². The molecule has 2 N–H and O–H groups in total. The Morgan fingerprint density at radius 3 is 2.17 bits per heavy atom. The van der Waals surface area contributed by atoms with Crippen molar-refractivity contribution in [1.29, 1.82) is 0 Å². The van der Waals surface area contributed by atoms with Gasteiger partial charge in [-0.25, -0.2) is 9.59 Å². The van der Waals surface area contributed by atoms with Gasteiger partial charge in [-0.05, 0) is 60.8 Å². The van der Waals surface area contributed by atoms with Crippen LogP contribution in [0.4, 0.5) is 9.59 Å². The number of rotatable bonds is 7. The van der Waals surface area contributed by atoms with Crippen molar-refractivity contribution in [1.82, 2.24) is 10.2 Å². The molecule has 0 unspecified atom stereocenters. The van der Waals surface area contributed by atoms with E-state index in [4.69, 9.17) is 14.2 Å². The van der Waals surface area contributed by atoms with E-state index in [0.29, 0.717) is 19.4 Å². The minimum atomic E-state index is -0.955. The van der Waals surface area contributed by atoms with Crippen LogP contribution in [0.2, 0.25) is 0 Å². The summed E-state index contributed by atoms with van der Waals surface area (Å²) < 4.78 is 16.1. The Labute approximate surface area is 173 Å². The molecule has 1 fully saturated rings. The molecule has 29 heavy (non-hydrogen) atoms. The molecule has 0 bridgehead atoms. The third kappa shape index (κ3) is 8.08. The van der Waals surface area contributed by atoms with Gasteiger partial charge in [-0.1, -0.05) is 0 Å². The van der Waals surface area contributed by atoms with Gasteiger partial charge in [0.05, 0.1) is 18.1 Å². The standard InChI is InChI=1S/C20H36N2O7/c1-18(2,3)28-16(25)21-10-8-9-20(13-27-7)11-14(15(23)24)12-22(20)17(26)29-19(4,5)6/h14H,8-13H2,1-7H3,(H,21,25)(H,23,24)/t14-,20-/m0/s1. The predicted octanol–water partition coefficient (Wildman–Crippen LogP) is 3.02. The van der Waals surface area contributed by atoms with Gasteiger partial charge in [0.15, 0.2) is 0 Å². The molecular formula is C20H36N2O7. The lowest BCUT2D eigenvalue weighted by Gasteiger charge is -2.38. The Morgan fingerprint density at radius 2 is 1.69 bits per heavy atom. The zero-order valence-corrected chi connectivity index (χ0v) is 18.7. The van der Waals surface area contributed by atoms with Crippen LogP contribution in [-0.4, -0.2) is 71.7 Å². The third-order valence-corrected chi connectivity index (χ3v) is 4.47. The number of nitrogens with zero attached hydrogens (tertiary/aromatic N) is 1. The van der Waals surface area contributed by atoms with Crippen molar-refractivity contribution in [3.05, 3.63) is 0 Å². The maximum Gasteiger partial charge on any atom is 0.410 e. The van der Waals surface area contributed by atoms with Gasteiger partial charge in [-0.2, -0.15) is 0 Å². The van der Waals surface area contributed by atoms with Crippen molar-refractivity contribution >= 4 is 18.2 Å². The van der Waals surface area contributed by atoms with Gasteiger partial charge in [-0.3, -0.25) is 9.69 Å². The van der Waals surface area contributed by atoms with E-state index in [0.717, 1.165) is 0 Å². The van der Waals surface area contributed by atoms with Gasteiger partial charge in [-0.15, -0.1) is 0 Å². The summed E-state index contributed by atoms with van der Waals surface area (Å²) in [6.07, 6.45) is 0.172. The van der Waals surface area contributed by atoms with E-state index in [9.17, 15) is 19.5 Å². The van der Waals surface area contributed by atoms with E-state index < -0.39 is 40.8 Å². The molecule has 0 aliphatic carbocycles. The van der Waals surface area contributed by atoms with E-state index in [2.05, 4.69) is 5.32 Å². The number of methoxy groups -OCH3 is 1. The lowest BCUT2D eigenvalue weighted by Crippen LogP contribution is -2.52. The minimum absolute atomic E-state index is 0.0626. The quantitative estimate of drug-likeness (QED) is 0.613. The zero-order chi connectivity index (χ0) is 22.5. The Hall–Kier alpha value is -2.03. The minimum Gasteiger partial charge on any atom is -0.481 e. The molecule has 2 amide bonds. The molecule has 9 nitrogen and oxygen atoms in total. The van der Waals surface area contributed by atoms with Crippen LogP contribution in [0.1, 0.15) is 60.8 Å². The van der Waals surface area contributed by atoms with E-state index in [1.165, 1.54) is 12.0 Å². The number of carboxylic acids is 1. The van der Waals surface area contributed by atoms with Crippen LogP contribution in [0, 0.1) is 5.92 Å².